The molecule has 6 nitrogen and oxygen atoms in total. The number of hydrogen-bond acceptors (Lipinski definition) is 5. The van der Waals surface area contributed by atoms with Gasteiger partial charge in [0.15, 0.2) is 0 Å². The van der Waals surface area contributed by atoms with Crippen molar-refractivity contribution in [1.82, 2.24) is 20.2 Å². The molecule has 0 aliphatic heterocycles. The maximum Gasteiger partial charge on any atom is 0.0910 e. The molecule has 0 radical (unpaired) electrons. The standard InChI is InChI=1S/C13H18ClN5O/c1-9-3-4-16-7-10(9)12(18-15)13-11(14)8-17-19(13)5-6-20-2/h3-4,7-8,12,18H,5-6,15H2,1-2H3. The van der Waals surface area contributed by atoms with Crippen LogP contribution >= 0.6 is 11.6 Å². The van der Waals surface area contributed by atoms with Crippen LogP contribution in [0.15, 0.2) is 24.7 Å². The van der Waals surface area contributed by atoms with Crippen molar-refractivity contribution < 1.29 is 4.74 Å². The van der Waals surface area contributed by atoms with Crippen LogP contribution in [-0.2, 0) is 11.3 Å². The lowest BCUT2D eigenvalue weighted by Crippen LogP contribution is -2.32. The van der Waals surface area contributed by atoms with E-state index in [0.29, 0.717) is 18.2 Å². The van der Waals surface area contributed by atoms with Crippen LogP contribution in [0.3, 0.4) is 0 Å². The summed E-state index contributed by atoms with van der Waals surface area (Å²) < 4.78 is 6.88. The fraction of sp³-hybridized carbons (Fsp3) is 0.385. The highest BCUT2D eigenvalue weighted by Gasteiger charge is 2.22. The third-order valence-electron chi connectivity index (χ3n) is 3.17. The van der Waals surface area contributed by atoms with Gasteiger partial charge in [-0.05, 0) is 24.1 Å². The summed E-state index contributed by atoms with van der Waals surface area (Å²) in [5.74, 6) is 5.72. The molecular formula is C13H18ClN5O. The van der Waals surface area contributed by atoms with Crippen LogP contribution in [-0.4, -0.2) is 28.5 Å². The molecule has 0 aliphatic carbocycles. The summed E-state index contributed by atoms with van der Waals surface area (Å²) in [6, 6.07) is 1.67. The van der Waals surface area contributed by atoms with E-state index in [1.54, 1.807) is 30.4 Å². The van der Waals surface area contributed by atoms with Gasteiger partial charge >= 0.3 is 0 Å². The molecule has 0 amide bonds. The lowest BCUT2D eigenvalue weighted by Gasteiger charge is -2.20. The quantitative estimate of drug-likeness (QED) is 0.623. The summed E-state index contributed by atoms with van der Waals surface area (Å²) in [5.41, 5.74) is 5.65. The minimum Gasteiger partial charge on any atom is -0.383 e. The summed E-state index contributed by atoms with van der Waals surface area (Å²) in [6.07, 6.45) is 5.14. The molecule has 7 heteroatoms. The van der Waals surface area contributed by atoms with Gasteiger partial charge < -0.3 is 4.74 Å². The molecule has 3 N–H and O–H groups in total. The molecule has 0 saturated carbocycles. The first-order valence-electron chi connectivity index (χ1n) is 6.25. The minimum absolute atomic E-state index is 0.268. The topological polar surface area (TPSA) is 78.0 Å². The molecule has 1 atom stereocenters. The van der Waals surface area contributed by atoms with Gasteiger partial charge in [0, 0.05) is 19.5 Å². The Bertz CT molecular complexity index is 572. The zero-order valence-electron chi connectivity index (χ0n) is 11.5. The zero-order chi connectivity index (χ0) is 14.5. The summed E-state index contributed by atoms with van der Waals surface area (Å²) in [7, 11) is 1.65. The van der Waals surface area contributed by atoms with E-state index in [9.17, 15) is 0 Å². The number of halogens is 1. The maximum atomic E-state index is 6.26. The number of nitrogens with zero attached hydrogens (tertiary/aromatic N) is 3. The van der Waals surface area contributed by atoms with Crippen molar-refractivity contribution in [3.05, 3.63) is 46.5 Å². The highest BCUT2D eigenvalue weighted by molar-refractivity contribution is 6.31. The fourth-order valence-electron chi connectivity index (χ4n) is 2.11. The molecule has 0 bridgehead atoms. The van der Waals surface area contributed by atoms with Crippen LogP contribution < -0.4 is 11.3 Å². The highest BCUT2D eigenvalue weighted by atomic mass is 35.5. The van der Waals surface area contributed by atoms with Gasteiger partial charge in [-0.15, -0.1) is 0 Å². The van der Waals surface area contributed by atoms with E-state index in [1.807, 2.05) is 13.0 Å². The Kier molecular flexibility index (Phi) is 5.08. The molecule has 2 heterocycles. The van der Waals surface area contributed by atoms with Crippen LogP contribution in [0.25, 0.3) is 0 Å². The number of ether oxygens (including phenoxy) is 1. The average molecular weight is 296 g/mol. The Labute approximate surface area is 122 Å². The first-order valence-corrected chi connectivity index (χ1v) is 6.63. The van der Waals surface area contributed by atoms with Gasteiger partial charge in [0.05, 0.1) is 36.1 Å². The van der Waals surface area contributed by atoms with E-state index in [0.717, 1.165) is 16.8 Å². The number of pyridine rings is 1. The Morgan fingerprint density at radius 3 is 2.95 bits per heavy atom. The Hall–Kier alpha value is -1.47. The number of hydrazine groups is 1. The van der Waals surface area contributed by atoms with Gasteiger partial charge in [-0.25, -0.2) is 5.43 Å². The maximum absolute atomic E-state index is 6.26. The molecule has 0 fully saturated rings. The van der Waals surface area contributed by atoms with Crippen molar-refractivity contribution in [3.8, 4) is 0 Å². The van der Waals surface area contributed by atoms with Crippen molar-refractivity contribution in [3.63, 3.8) is 0 Å². The molecule has 0 aliphatic rings. The second-order valence-corrected chi connectivity index (χ2v) is 4.83. The van der Waals surface area contributed by atoms with E-state index in [-0.39, 0.29) is 6.04 Å². The van der Waals surface area contributed by atoms with Crippen LogP contribution in [0.4, 0.5) is 0 Å². The second-order valence-electron chi connectivity index (χ2n) is 4.43. The van der Waals surface area contributed by atoms with Crippen LogP contribution in [0.5, 0.6) is 0 Å². The fourth-order valence-corrected chi connectivity index (χ4v) is 2.36. The van der Waals surface area contributed by atoms with Gasteiger partial charge in [-0.1, -0.05) is 11.6 Å². The van der Waals surface area contributed by atoms with Crippen molar-refractivity contribution >= 4 is 11.6 Å². The largest absolute Gasteiger partial charge is 0.383 e. The van der Waals surface area contributed by atoms with E-state index >= 15 is 0 Å². The SMILES string of the molecule is COCCn1ncc(Cl)c1C(NN)c1cnccc1C. The molecule has 20 heavy (non-hydrogen) atoms. The van der Waals surface area contributed by atoms with Crippen LogP contribution in [0, 0.1) is 6.92 Å². The normalized spacial score (nSPS) is 12.6. The van der Waals surface area contributed by atoms with Gasteiger partial charge in [-0.2, -0.15) is 5.10 Å². The number of aromatic nitrogens is 3. The summed E-state index contributed by atoms with van der Waals surface area (Å²) in [5, 5.41) is 4.83. The highest BCUT2D eigenvalue weighted by Crippen LogP contribution is 2.29. The summed E-state index contributed by atoms with van der Waals surface area (Å²) >= 11 is 6.26. The molecule has 2 aromatic heterocycles. The van der Waals surface area contributed by atoms with Gasteiger partial charge in [0.1, 0.15) is 0 Å². The van der Waals surface area contributed by atoms with E-state index in [1.165, 1.54) is 0 Å². The first kappa shape index (κ1) is 14.9. The van der Waals surface area contributed by atoms with Gasteiger partial charge in [0.25, 0.3) is 0 Å². The molecule has 2 aromatic rings. The molecule has 0 saturated heterocycles. The predicted molar refractivity (Wildman–Crippen MR) is 77.3 cm³/mol. The number of hydrogen-bond donors (Lipinski definition) is 2. The second kappa shape index (κ2) is 6.81. The van der Waals surface area contributed by atoms with Crippen molar-refractivity contribution in [2.75, 3.05) is 13.7 Å². The molecule has 1 unspecified atom stereocenters. The van der Waals surface area contributed by atoms with E-state index in [2.05, 4.69) is 15.5 Å². The average Bonchev–Trinajstić information content (AvgIpc) is 2.81. The lowest BCUT2D eigenvalue weighted by atomic mass is 10.0. The number of aryl methyl sites for hydroxylation is 1. The van der Waals surface area contributed by atoms with Crippen molar-refractivity contribution in [2.45, 2.75) is 19.5 Å². The third-order valence-corrected chi connectivity index (χ3v) is 3.46. The molecule has 0 aromatic carbocycles. The Morgan fingerprint density at radius 2 is 2.30 bits per heavy atom. The number of rotatable bonds is 6. The molecule has 0 spiro atoms. The zero-order valence-corrected chi connectivity index (χ0v) is 12.3. The van der Waals surface area contributed by atoms with Gasteiger partial charge in [-0.3, -0.25) is 15.5 Å². The van der Waals surface area contributed by atoms with Crippen LogP contribution in [0.2, 0.25) is 5.02 Å². The van der Waals surface area contributed by atoms with Crippen molar-refractivity contribution in [2.24, 2.45) is 5.84 Å². The number of methoxy groups -OCH3 is 1. The smallest absolute Gasteiger partial charge is 0.0910 e. The Morgan fingerprint density at radius 1 is 1.50 bits per heavy atom. The van der Waals surface area contributed by atoms with Crippen molar-refractivity contribution in [1.29, 1.82) is 0 Å². The number of nitrogens with two attached hydrogens (primary N) is 1. The minimum atomic E-state index is -0.268. The summed E-state index contributed by atoms with van der Waals surface area (Å²) in [4.78, 5) is 4.15. The summed E-state index contributed by atoms with van der Waals surface area (Å²) in [6.45, 7) is 3.16. The third kappa shape index (κ3) is 2.99. The first-order chi connectivity index (χ1) is 9.69. The van der Waals surface area contributed by atoms with E-state index < -0.39 is 0 Å². The molecular weight excluding hydrogens is 278 g/mol. The molecule has 2 rings (SSSR count). The monoisotopic (exact) mass is 295 g/mol. The Balaban J connectivity index is 2.42. The number of nitrogens with one attached hydrogen (secondary N) is 1. The predicted octanol–water partition coefficient (Wildman–Crippen LogP) is 1.44. The van der Waals surface area contributed by atoms with E-state index in [4.69, 9.17) is 22.2 Å². The lowest BCUT2D eigenvalue weighted by molar-refractivity contribution is 0.182. The molecule has 108 valence electrons. The van der Waals surface area contributed by atoms with Crippen LogP contribution in [0.1, 0.15) is 22.9 Å². The van der Waals surface area contributed by atoms with Gasteiger partial charge in [0.2, 0.25) is 0 Å².